The van der Waals surface area contributed by atoms with E-state index in [0.29, 0.717) is 35.2 Å². The van der Waals surface area contributed by atoms with E-state index in [9.17, 15) is 9.59 Å². The number of benzene rings is 2. The molecule has 1 fully saturated rings. The Kier molecular flexibility index (Phi) is 6.19. The largest absolute Gasteiger partial charge is 0.489 e. The highest BCUT2D eigenvalue weighted by molar-refractivity contribution is 6.32. The van der Waals surface area contributed by atoms with Gasteiger partial charge in [0, 0.05) is 44.2 Å². The Morgan fingerprint density at radius 3 is 2.37 bits per heavy atom. The fraction of sp³-hybridized carbons (Fsp3) is 0.300. The molecule has 2 aromatic carbocycles. The molecular formula is C20H22ClN3O3. The molecule has 142 valence electrons. The van der Waals surface area contributed by atoms with Crippen LogP contribution in [-0.2, 0) is 4.79 Å². The number of anilines is 2. The smallest absolute Gasteiger partial charge is 0.321 e. The summed E-state index contributed by atoms with van der Waals surface area (Å²) in [6.45, 7) is 2.65. The van der Waals surface area contributed by atoms with Crippen LogP contribution in [0.1, 0.15) is 19.8 Å². The monoisotopic (exact) mass is 387 g/mol. The second-order valence-corrected chi connectivity index (χ2v) is 6.83. The van der Waals surface area contributed by atoms with Crippen LogP contribution >= 0.6 is 11.6 Å². The van der Waals surface area contributed by atoms with Crippen LogP contribution in [0.25, 0.3) is 0 Å². The van der Waals surface area contributed by atoms with Gasteiger partial charge in [-0.3, -0.25) is 4.79 Å². The maximum atomic E-state index is 12.5. The number of nitrogens with zero attached hydrogens (tertiary/aromatic N) is 1. The van der Waals surface area contributed by atoms with Crippen molar-refractivity contribution in [2.75, 3.05) is 23.7 Å². The standard InChI is InChI=1S/C20H22ClN3O3/c1-14(25)22-15-5-4-6-16(13-15)23-20(26)24-11-9-17(10-12-24)27-19-8-3-2-7-18(19)21/h2-8,13,17H,9-12H2,1H3,(H,22,25)(H,23,26). The van der Waals surface area contributed by atoms with Gasteiger partial charge in [-0.15, -0.1) is 0 Å². The van der Waals surface area contributed by atoms with Crippen molar-refractivity contribution < 1.29 is 14.3 Å². The van der Waals surface area contributed by atoms with Gasteiger partial charge in [0.15, 0.2) is 0 Å². The summed E-state index contributed by atoms with van der Waals surface area (Å²) in [4.78, 5) is 25.4. The summed E-state index contributed by atoms with van der Waals surface area (Å²) >= 11 is 6.13. The van der Waals surface area contributed by atoms with Gasteiger partial charge in [-0.25, -0.2) is 4.79 Å². The third-order valence-electron chi connectivity index (χ3n) is 4.29. The van der Waals surface area contributed by atoms with E-state index in [1.807, 2.05) is 18.2 Å². The topological polar surface area (TPSA) is 70.7 Å². The Bertz CT molecular complexity index is 820. The number of halogens is 1. The normalized spacial score (nSPS) is 14.5. The van der Waals surface area contributed by atoms with E-state index in [2.05, 4.69) is 10.6 Å². The van der Waals surface area contributed by atoms with Gasteiger partial charge in [0.2, 0.25) is 5.91 Å². The third kappa shape index (κ3) is 5.37. The molecule has 0 spiro atoms. The SMILES string of the molecule is CC(=O)Nc1cccc(NC(=O)N2CCC(Oc3ccccc3Cl)CC2)c1. The summed E-state index contributed by atoms with van der Waals surface area (Å²) in [5.74, 6) is 0.524. The van der Waals surface area contributed by atoms with Crippen molar-refractivity contribution in [1.82, 2.24) is 4.90 Å². The number of piperidine rings is 1. The number of nitrogens with one attached hydrogen (secondary N) is 2. The second kappa shape index (κ2) is 8.77. The molecule has 3 rings (SSSR count). The van der Waals surface area contributed by atoms with E-state index in [1.165, 1.54) is 6.92 Å². The second-order valence-electron chi connectivity index (χ2n) is 6.43. The lowest BCUT2D eigenvalue weighted by molar-refractivity contribution is -0.114. The lowest BCUT2D eigenvalue weighted by Gasteiger charge is -2.32. The van der Waals surface area contributed by atoms with E-state index < -0.39 is 0 Å². The van der Waals surface area contributed by atoms with E-state index in [4.69, 9.17) is 16.3 Å². The zero-order valence-electron chi connectivity index (χ0n) is 15.1. The zero-order chi connectivity index (χ0) is 19.2. The molecule has 7 heteroatoms. The van der Waals surface area contributed by atoms with Gasteiger partial charge in [0.1, 0.15) is 11.9 Å². The number of carbonyl (C=O) groups excluding carboxylic acids is 2. The molecule has 0 atom stereocenters. The molecule has 27 heavy (non-hydrogen) atoms. The van der Waals surface area contributed by atoms with Crippen molar-refractivity contribution in [3.63, 3.8) is 0 Å². The first kappa shape index (κ1) is 19.0. The summed E-state index contributed by atoms with van der Waals surface area (Å²) in [5.41, 5.74) is 1.29. The molecule has 1 aliphatic rings. The molecule has 0 radical (unpaired) electrons. The maximum absolute atomic E-state index is 12.5. The van der Waals surface area contributed by atoms with E-state index in [-0.39, 0.29) is 18.0 Å². The van der Waals surface area contributed by atoms with Crippen molar-refractivity contribution in [2.45, 2.75) is 25.9 Å². The van der Waals surface area contributed by atoms with Gasteiger partial charge >= 0.3 is 6.03 Å². The molecule has 0 bridgehead atoms. The van der Waals surface area contributed by atoms with Gasteiger partial charge in [-0.2, -0.15) is 0 Å². The minimum atomic E-state index is -0.161. The zero-order valence-corrected chi connectivity index (χ0v) is 15.8. The van der Waals surface area contributed by atoms with Crippen molar-refractivity contribution in [3.05, 3.63) is 53.6 Å². The van der Waals surface area contributed by atoms with Gasteiger partial charge < -0.3 is 20.3 Å². The number of amides is 3. The van der Waals surface area contributed by atoms with E-state index >= 15 is 0 Å². The lowest BCUT2D eigenvalue weighted by atomic mass is 10.1. The highest BCUT2D eigenvalue weighted by Crippen LogP contribution is 2.27. The predicted octanol–water partition coefficient (Wildman–Crippen LogP) is 4.37. The highest BCUT2D eigenvalue weighted by atomic mass is 35.5. The summed E-state index contributed by atoms with van der Waals surface area (Å²) in [6, 6.07) is 14.3. The lowest BCUT2D eigenvalue weighted by Crippen LogP contribution is -2.43. The van der Waals surface area contributed by atoms with Crippen LogP contribution < -0.4 is 15.4 Å². The maximum Gasteiger partial charge on any atom is 0.321 e. The van der Waals surface area contributed by atoms with Crippen LogP contribution in [0.3, 0.4) is 0 Å². The Labute approximate surface area is 163 Å². The van der Waals surface area contributed by atoms with Gasteiger partial charge in [0.25, 0.3) is 0 Å². The number of likely N-dealkylation sites (tertiary alicyclic amines) is 1. The number of urea groups is 1. The van der Waals surface area contributed by atoms with Crippen molar-refractivity contribution in [3.8, 4) is 5.75 Å². The summed E-state index contributed by atoms with van der Waals surface area (Å²) < 4.78 is 5.95. The minimum absolute atomic E-state index is 0.0389. The van der Waals surface area contributed by atoms with Gasteiger partial charge in [-0.1, -0.05) is 29.8 Å². The molecule has 0 aliphatic carbocycles. The van der Waals surface area contributed by atoms with Crippen molar-refractivity contribution in [1.29, 1.82) is 0 Å². The number of ether oxygens (including phenoxy) is 1. The average molecular weight is 388 g/mol. The quantitative estimate of drug-likeness (QED) is 0.818. The summed E-state index contributed by atoms with van der Waals surface area (Å²) in [6.07, 6.45) is 1.52. The number of hydrogen-bond donors (Lipinski definition) is 2. The average Bonchev–Trinajstić information content (AvgIpc) is 2.64. The first-order valence-electron chi connectivity index (χ1n) is 8.86. The van der Waals surface area contributed by atoms with E-state index in [0.717, 1.165) is 12.8 Å². The molecular weight excluding hydrogens is 366 g/mol. The van der Waals surface area contributed by atoms with Gasteiger partial charge in [0.05, 0.1) is 5.02 Å². The molecule has 0 unspecified atom stereocenters. The number of rotatable bonds is 4. The molecule has 1 aliphatic heterocycles. The highest BCUT2D eigenvalue weighted by Gasteiger charge is 2.24. The van der Waals surface area contributed by atoms with Crippen molar-refractivity contribution >= 4 is 34.9 Å². The molecule has 6 nitrogen and oxygen atoms in total. The number of carbonyl (C=O) groups is 2. The van der Waals surface area contributed by atoms with Crippen molar-refractivity contribution in [2.24, 2.45) is 0 Å². The molecule has 0 aromatic heterocycles. The number of hydrogen-bond acceptors (Lipinski definition) is 3. The Hall–Kier alpha value is -2.73. The van der Waals surface area contributed by atoms with E-state index in [1.54, 1.807) is 35.2 Å². The van der Waals surface area contributed by atoms with Crippen LogP contribution in [0, 0.1) is 0 Å². The fourth-order valence-corrected chi connectivity index (χ4v) is 3.16. The third-order valence-corrected chi connectivity index (χ3v) is 4.61. The van der Waals surface area contributed by atoms with Gasteiger partial charge in [-0.05, 0) is 30.3 Å². The Balaban J connectivity index is 1.51. The molecule has 1 saturated heterocycles. The van der Waals surface area contributed by atoms with Crippen LogP contribution in [0.5, 0.6) is 5.75 Å². The minimum Gasteiger partial charge on any atom is -0.489 e. The molecule has 0 saturated carbocycles. The molecule has 1 heterocycles. The Morgan fingerprint density at radius 1 is 1.04 bits per heavy atom. The van der Waals surface area contributed by atoms with Crippen LogP contribution in [0.15, 0.2) is 48.5 Å². The molecule has 3 amide bonds. The van der Waals surface area contributed by atoms with Crippen LogP contribution in [-0.4, -0.2) is 36.0 Å². The number of para-hydroxylation sites is 1. The summed E-state index contributed by atoms with van der Waals surface area (Å²) in [5, 5.41) is 6.17. The predicted molar refractivity (Wildman–Crippen MR) is 106 cm³/mol. The van der Waals surface area contributed by atoms with Crippen LogP contribution in [0.2, 0.25) is 5.02 Å². The molecule has 2 aromatic rings. The first-order valence-corrected chi connectivity index (χ1v) is 9.24. The molecule has 2 N–H and O–H groups in total. The summed E-state index contributed by atoms with van der Waals surface area (Å²) in [7, 11) is 0. The fourth-order valence-electron chi connectivity index (χ4n) is 2.98. The van der Waals surface area contributed by atoms with Crippen LogP contribution in [0.4, 0.5) is 16.2 Å². The Morgan fingerprint density at radius 2 is 1.70 bits per heavy atom. The first-order chi connectivity index (χ1) is 13.0.